The molecule has 106 valence electrons. The molecule has 0 radical (unpaired) electrons. The van der Waals surface area contributed by atoms with Crippen LogP contribution < -0.4 is 10.1 Å². The Morgan fingerprint density at radius 3 is 2.95 bits per heavy atom. The van der Waals surface area contributed by atoms with Crippen molar-refractivity contribution in [3.8, 4) is 5.75 Å². The molecule has 4 nitrogen and oxygen atoms in total. The predicted molar refractivity (Wildman–Crippen MR) is 79.2 cm³/mol. The quantitative estimate of drug-likeness (QED) is 0.579. The highest BCUT2D eigenvalue weighted by Gasteiger charge is 2.13. The zero-order valence-electron chi connectivity index (χ0n) is 10.7. The van der Waals surface area contributed by atoms with E-state index in [0.29, 0.717) is 30.5 Å². The van der Waals surface area contributed by atoms with Gasteiger partial charge in [0.2, 0.25) is 0 Å². The van der Waals surface area contributed by atoms with Crippen LogP contribution in [-0.2, 0) is 9.53 Å². The van der Waals surface area contributed by atoms with Gasteiger partial charge in [0.1, 0.15) is 5.75 Å². The first kappa shape index (κ1) is 16.3. The molecule has 0 fully saturated rings. The van der Waals surface area contributed by atoms with Gasteiger partial charge in [0.15, 0.2) is 6.10 Å². The number of carbonyl (C=O) groups is 1. The second kappa shape index (κ2) is 9.18. The number of hydrogen-bond acceptors (Lipinski definition) is 3. The van der Waals surface area contributed by atoms with Crippen LogP contribution in [-0.4, -0.2) is 37.1 Å². The molecular formula is C13H17BrClNO3. The highest BCUT2D eigenvalue weighted by atomic mass is 79.9. The minimum Gasteiger partial charge on any atom is -0.481 e. The molecule has 0 heterocycles. The van der Waals surface area contributed by atoms with Gasteiger partial charge in [-0.2, -0.15) is 0 Å². The number of rotatable bonds is 8. The summed E-state index contributed by atoms with van der Waals surface area (Å²) in [6.07, 6.45) is -0.574. The van der Waals surface area contributed by atoms with Gasteiger partial charge in [-0.25, -0.2) is 0 Å². The van der Waals surface area contributed by atoms with Crippen LogP contribution in [0.1, 0.15) is 6.92 Å². The van der Waals surface area contributed by atoms with Crippen LogP contribution in [0.25, 0.3) is 0 Å². The fourth-order valence-corrected chi connectivity index (χ4v) is 1.75. The fraction of sp³-hybridized carbons (Fsp3) is 0.462. The third-order valence-corrected chi connectivity index (χ3v) is 2.80. The number of alkyl halides is 1. The maximum absolute atomic E-state index is 11.7. The predicted octanol–water partition coefficient (Wildman–Crippen LogP) is 2.64. The molecule has 0 bridgehead atoms. The monoisotopic (exact) mass is 349 g/mol. The van der Waals surface area contributed by atoms with E-state index in [-0.39, 0.29) is 5.91 Å². The van der Waals surface area contributed by atoms with Crippen molar-refractivity contribution in [2.45, 2.75) is 13.0 Å². The number of hydrogen-bond donors (Lipinski definition) is 1. The molecule has 1 unspecified atom stereocenters. The average Bonchev–Trinajstić information content (AvgIpc) is 2.38. The van der Waals surface area contributed by atoms with Gasteiger partial charge >= 0.3 is 0 Å². The third-order valence-electron chi connectivity index (χ3n) is 2.25. The Labute approximate surface area is 126 Å². The Balaban J connectivity index is 2.28. The van der Waals surface area contributed by atoms with Crippen LogP contribution >= 0.6 is 27.5 Å². The van der Waals surface area contributed by atoms with E-state index >= 15 is 0 Å². The van der Waals surface area contributed by atoms with Crippen molar-refractivity contribution in [1.82, 2.24) is 5.32 Å². The molecule has 6 heteroatoms. The highest BCUT2D eigenvalue weighted by molar-refractivity contribution is 9.09. The van der Waals surface area contributed by atoms with Crippen molar-refractivity contribution >= 4 is 33.4 Å². The molecule has 0 aliphatic carbocycles. The summed E-state index contributed by atoms with van der Waals surface area (Å²) in [5.41, 5.74) is 0. The van der Waals surface area contributed by atoms with Crippen molar-refractivity contribution in [1.29, 1.82) is 0 Å². The normalized spacial score (nSPS) is 11.9. The lowest BCUT2D eigenvalue weighted by molar-refractivity contribution is -0.127. The van der Waals surface area contributed by atoms with Gasteiger partial charge in [0, 0.05) is 16.9 Å². The molecule has 1 N–H and O–H groups in total. The number of nitrogens with one attached hydrogen (secondary N) is 1. The third kappa shape index (κ3) is 6.80. The van der Waals surface area contributed by atoms with Crippen LogP contribution in [0.4, 0.5) is 0 Å². The lowest BCUT2D eigenvalue weighted by Gasteiger charge is -2.14. The summed E-state index contributed by atoms with van der Waals surface area (Å²) in [5.74, 6) is 0.396. The van der Waals surface area contributed by atoms with E-state index in [2.05, 4.69) is 21.2 Å². The summed E-state index contributed by atoms with van der Waals surface area (Å²) in [5, 5.41) is 4.10. The molecule has 19 heavy (non-hydrogen) atoms. The number of carbonyl (C=O) groups excluding carboxylic acids is 1. The maximum Gasteiger partial charge on any atom is 0.260 e. The van der Waals surface area contributed by atoms with Crippen molar-refractivity contribution in [2.75, 3.05) is 25.1 Å². The molecule has 1 amide bonds. The zero-order chi connectivity index (χ0) is 14.1. The van der Waals surface area contributed by atoms with Gasteiger partial charge in [0.25, 0.3) is 5.91 Å². The average molecular weight is 351 g/mol. The molecule has 0 saturated heterocycles. The molecular weight excluding hydrogens is 334 g/mol. The van der Waals surface area contributed by atoms with Crippen LogP contribution in [0.2, 0.25) is 5.02 Å². The van der Waals surface area contributed by atoms with E-state index in [0.717, 1.165) is 5.33 Å². The van der Waals surface area contributed by atoms with E-state index in [9.17, 15) is 4.79 Å². The second-order valence-corrected chi connectivity index (χ2v) is 5.04. The van der Waals surface area contributed by atoms with E-state index in [1.807, 2.05) is 0 Å². The Hall–Kier alpha value is -0.780. The second-order valence-electron chi connectivity index (χ2n) is 3.81. The van der Waals surface area contributed by atoms with Crippen LogP contribution in [0, 0.1) is 0 Å². The van der Waals surface area contributed by atoms with E-state index < -0.39 is 6.10 Å². The van der Waals surface area contributed by atoms with Gasteiger partial charge in [0.05, 0.1) is 13.2 Å². The lowest BCUT2D eigenvalue weighted by atomic mass is 10.3. The summed E-state index contributed by atoms with van der Waals surface area (Å²) >= 11 is 9.09. The van der Waals surface area contributed by atoms with Gasteiger partial charge in [-0.3, -0.25) is 4.79 Å². The topological polar surface area (TPSA) is 47.6 Å². The van der Waals surface area contributed by atoms with Crippen molar-refractivity contribution in [3.63, 3.8) is 0 Å². The molecule has 0 spiro atoms. The number of ether oxygens (including phenoxy) is 2. The van der Waals surface area contributed by atoms with E-state index in [1.165, 1.54) is 0 Å². The van der Waals surface area contributed by atoms with Crippen LogP contribution in [0.5, 0.6) is 5.75 Å². The number of benzene rings is 1. The Kier molecular flexibility index (Phi) is 7.86. The fourth-order valence-electron chi connectivity index (χ4n) is 1.34. The summed E-state index contributed by atoms with van der Waals surface area (Å²) < 4.78 is 10.7. The largest absolute Gasteiger partial charge is 0.481 e. The molecule has 1 aromatic rings. The minimum absolute atomic E-state index is 0.178. The number of halogens is 2. The number of amides is 1. The Bertz CT molecular complexity index is 403. The zero-order valence-corrected chi connectivity index (χ0v) is 13.0. The smallest absolute Gasteiger partial charge is 0.260 e. The summed E-state index contributed by atoms with van der Waals surface area (Å²) in [6.45, 7) is 3.27. The molecule has 0 aliphatic heterocycles. The molecule has 1 aromatic carbocycles. The Morgan fingerprint density at radius 2 is 2.26 bits per heavy atom. The van der Waals surface area contributed by atoms with Crippen LogP contribution in [0.3, 0.4) is 0 Å². The molecule has 0 aromatic heterocycles. The van der Waals surface area contributed by atoms with Gasteiger partial charge in [-0.15, -0.1) is 0 Å². The Morgan fingerprint density at radius 1 is 1.47 bits per heavy atom. The SMILES string of the molecule is CC(Oc1cccc(Cl)c1)C(=O)NCCOCCBr. The van der Waals surface area contributed by atoms with Gasteiger partial charge < -0.3 is 14.8 Å². The van der Waals surface area contributed by atoms with Crippen LogP contribution in [0.15, 0.2) is 24.3 Å². The summed E-state index contributed by atoms with van der Waals surface area (Å²) in [4.78, 5) is 11.7. The first-order chi connectivity index (χ1) is 9.13. The van der Waals surface area contributed by atoms with Crippen molar-refractivity contribution in [3.05, 3.63) is 29.3 Å². The lowest BCUT2D eigenvalue weighted by Crippen LogP contribution is -2.38. The highest BCUT2D eigenvalue weighted by Crippen LogP contribution is 2.18. The van der Waals surface area contributed by atoms with Crippen molar-refractivity contribution < 1.29 is 14.3 Å². The first-order valence-corrected chi connectivity index (χ1v) is 7.47. The summed E-state index contributed by atoms with van der Waals surface area (Å²) in [7, 11) is 0. The molecule has 0 aliphatic rings. The summed E-state index contributed by atoms with van der Waals surface area (Å²) in [6, 6.07) is 6.95. The molecule has 1 atom stereocenters. The van der Waals surface area contributed by atoms with Gasteiger partial charge in [-0.05, 0) is 25.1 Å². The van der Waals surface area contributed by atoms with E-state index in [1.54, 1.807) is 31.2 Å². The van der Waals surface area contributed by atoms with Crippen molar-refractivity contribution in [2.24, 2.45) is 0 Å². The standard InChI is InChI=1S/C13H17BrClNO3/c1-10(13(17)16-6-8-18-7-5-14)19-12-4-2-3-11(15)9-12/h2-4,9-10H,5-8H2,1H3,(H,16,17). The molecule has 0 saturated carbocycles. The minimum atomic E-state index is -0.574. The maximum atomic E-state index is 11.7. The molecule has 1 rings (SSSR count). The first-order valence-electron chi connectivity index (χ1n) is 5.97. The van der Waals surface area contributed by atoms with E-state index in [4.69, 9.17) is 21.1 Å². The van der Waals surface area contributed by atoms with Gasteiger partial charge in [-0.1, -0.05) is 33.6 Å².